The first-order valence-electron chi connectivity index (χ1n) is 9.04. The average molecular weight is 379 g/mol. The smallest absolute Gasteiger partial charge is 0.243 e. The van der Waals surface area contributed by atoms with Crippen LogP contribution in [0.25, 0.3) is 0 Å². The summed E-state index contributed by atoms with van der Waals surface area (Å²) in [5.74, 6) is -0.0914. The van der Waals surface area contributed by atoms with E-state index in [9.17, 15) is 18.0 Å². The zero-order valence-corrected chi connectivity index (χ0v) is 15.8. The first kappa shape index (κ1) is 18.8. The number of hydrogen-bond acceptors (Lipinski definition) is 4. The third-order valence-electron chi connectivity index (χ3n) is 5.03. The van der Waals surface area contributed by atoms with Gasteiger partial charge in [0.15, 0.2) is 0 Å². The van der Waals surface area contributed by atoms with Crippen LogP contribution in [0.2, 0.25) is 0 Å². The summed E-state index contributed by atoms with van der Waals surface area (Å²) < 4.78 is 27.0. The second kappa shape index (κ2) is 7.75. The number of nitrogens with zero attached hydrogens (tertiary/aromatic N) is 2. The van der Waals surface area contributed by atoms with Crippen molar-refractivity contribution in [1.29, 1.82) is 0 Å². The van der Waals surface area contributed by atoms with E-state index < -0.39 is 10.0 Å². The van der Waals surface area contributed by atoms with Crippen LogP contribution in [0.15, 0.2) is 29.2 Å². The maximum Gasteiger partial charge on any atom is 0.243 e. The zero-order valence-electron chi connectivity index (χ0n) is 15.0. The number of sulfonamides is 1. The maximum atomic E-state index is 12.8. The van der Waals surface area contributed by atoms with E-state index in [4.69, 9.17) is 0 Å². The van der Waals surface area contributed by atoms with Crippen LogP contribution in [0.3, 0.4) is 0 Å². The van der Waals surface area contributed by atoms with E-state index in [-0.39, 0.29) is 22.6 Å². The highest BCUT2D eigenvalue weighted by Crippen LogP contribution is 2.26. The SMILES string of the molecule is CC(=O)Nc1ccc(S(=O)(=O)N2CCC(C(=O)N3CCCC3)CC2)cc1. The summed E-state index contributed by atoms with van der Waals surface area (Å²) in [5.41, 5.74) is 0.561. The molecule has 0 atom stereocenters. The van der Waals surface area contributed by atoms with E-state index in [1.165, 1.54) is 23.4 Å². The number of benzene rings is 1. The van der Waals surface area contributed by atoms with E-state index in [0.29, 0.717) is 31.6 Å². The molecule has 3 rings (SSSR count). The van der Waals surface area contributed by atoms with Crippen molar-refractivity contribution in [3.8, 4) is 0 Å². The highest BCUT2D eigenvalue weighted by molar-refractivity contribution is 7.89. The van der Waals surface area contributed by atoms with E-state index in [0.717, 1.165) is 25.9 Å². The van der Waals surface area contributed by atoms with Crippen LogP contribution in [0.4, 0.5) is 5.69 Å². The Balaban J connectivity index is 1.62. The third-order valence-corrected chi connectivity index (χ3v) is 6.95. The minimum Gasteiger partial charge on any atom is -0.342 e. The third kappa shape index (κ3) is 4.07. The molecular weight excluding hydrogens is 354 g/mol. The Morgan fingerprint density at radius 1 is 1.00 bits per heavy atom. The first-order valence-corrected chi connectivity index (χ1v) is 10.5. The Morgan fingerprint density at radius 3 is 2.12 bits per heavy atom. The van der Waals surface area contributed by atoms with Gasteiger partial charge in [-0.05, 0) is 49.9 Å². The number of carbonyl (C=O) groups is 2. The van der Waals surface area contributed by atoms with Gasteiger partial charge in [0.05, 0.1) is 4.90 Å². The number of anilines is 1. The lowest BCUT2D eigenvalue weighted by Gasteiger charge is -2.32. The molecule has 0 aromatic heterocycles. The molecule has 0 aliphatic carbocycles. The molecule has 0 radical (unpaired) electrons. The fraction of sp³-hybridized carbons (Fsp3) is 0.556. The molecule has 8 heteroatoms. The fourth-order valence-corrected chi connectivity index (χ4v) is 5.07. The van der Waals surface area contributed by atoms with Gasteiger partial charge in [0, 0.05) is 44.7 Å². The number of nitrogens with one attached hydrogen (secondary N) is 1. The summed E-state index contributed by atoms with van der Waals surface area (Å²) in [7, 11) is -3.58. The lowest BCUT2D eigenvalue weighted by molar-refractivity contribution is -0.135. The molecule has 2 saturated heterocycles. The van der Waals surface area contributed by atoms with E-state index >= 15 is 0 Å². The van der Waals surface area contributed by atoms with Gasteiger partial charge in [-0.25, -0.2) is 8.42 Å². The molecule has 2 aliphatic rings. The highest BCUT2D eigenvalue weighted by atomic mass is 32.2. The van der Waals surface area contributed by atoms with Crippen LogP contribution in [0.1, 0.15) is 32.6 Å². The van der Waals surface area contributed by atoms with Gasteiger partial charge >= 0.3 is 0 Å². The predicted octanol–water partition coefficient (Wildman–Crippen LogP) is 1.67. The average Bonchev–Trinajstić information content (AvgIpc) is 3.16. The van der Waals surface area contributed by atoms with E-state index in [1.54, 1.807) is 12.1 Å². The van der Waals surface area contributed by atoms with Crippen LogP contribution in [0.5, 0.6) is 0 Å². The molecule has 2 fully saturated rings. The van der Waals surface area contributed by atoms with Crippen LogP contribution >= 0.6 is 0 Å². The van der Waals surface area contributed by atoms with Gasteiger partial charge < -0.3 is 10.2 Å². The van der Waals surface area contributed by atoms with Crippen LogP contribution in [0, 0.1) is 5.92 Å². The summed E-state index contributed by atoms with van der Waals surface area (Å²) in [6.07, 6.45) is 3.26. The standard InChI is InChI=1S/C18H25N3O4S/c1-14(22)19-16-4-6-17(7-5-16)26(24,25)21-12-8-15(9-13-21)18(23)20-10-2-3-11-20/h4-7,15H,2-3,8-13H2,1H3,(H,19,22). The normalized spacial score (nSPS) is 19.5. The molecule has 2 aliphatic heterocycles. The van der Waals surface area contributed by atoms with Crippen molar-refractivity contribution < 1.29 is 18.0 Å². The second-order valence-corrected chi connectivity index (χ2v) is 8.85. The van der Waals surface area contributed by atoms with Gasteiger partial charge in [-0.1, -0.05) is 0 Å². The van der Waals surface area contributed by atoms with Crippen molar-refractivity contribution in [1.82, 2.24) is 9.21 Å². The minimum absolute atomic E-state index is 0.0679. The fourth-order valence-electron chi connectivity index (χ4n) is 3.60. The second-order valence-electron chi connectivity index (χ2n) is 6.92. The number of hydrogen-bond donors (Lipinski definition) is 1. The van der Waals surface area contributed by atoms with Crippen LogP contribution < -0.4 is 5.32 Å². The van der Waals surface area contributed by atoms with Crippen molar-refractivity contribution in [3.63, 3.8) is 0 Å². The van der Waals surface area contributed by atoms with Gasteiger partial charge in [0.1, 0.15) is 0 Å². The largest absolute Gasteiger partial charge is 0.342 e. The summed E-state index contributed by atoms with van der Waals surface area (Å²) in [4.78, 5) is 25.6. The lowest BCUT2D eigenvalue weighted by Crippen LogP contribution is -2.43. The van der Waals surface area contributed by atoms with Gasteiger partial charge in [0.25, 0.3) is 0 Å². The molecule has 1 aromatic rings. The summed E-state index contributed by atoms with van der Waals surface area (Å²) in [6.45, 7) is 3.79. The van der Waals surface area contributed by atoms with E-state index in [1.807, 2.05) is 4.90 Å². The molecule has 2 heterocycles. The lowest BCUT2D eigenvalue weighted by atomic mass is 9.97. The van der Waals surface area contributed by atoms with Crippen LogP contribution in [-0.2, 0) is 19.6 Å². The van der Waals surface area contributed by atoms with Crippen molar-refractivity contribution in [2.45, 2.75) is 37.5 Å². The van der Waals surface area contributed by atoms with Crippen molar-refractivity contribution >= 4 is 27.5 Å². The summed E-state index contributed by atoms with van der Waals surface area (Å²) in [5, 5.41) is 2.62. The highest BCUT2D eigenvalue weighted by Gasteiger charge is 2.34. The summed E-state index contributed by atoms with van der Waals surface area (Å²) >= 11 is 0. The Morgan fingerprint density at radius 2 is 1.58 bits per heavy atom. The Labute approximate surface area is 154 Å². The molecule has 1 N–H and O–H groups in total. The molecule has 26 heavy (non-hydrogen) atoms. The van der Waals surface area contributed by atoms with Crippen molar-refractivity contribution in [3.05, 3.63) is 24.3 Å². The topological polar surface area (TPSA) is 86.8 Å². The van der Waals surface area contributed by atoms with Crippen LogP contribution in [-0.4, -0.2) is 55.6 Å². The molecule has 142 valence electrons. The predicted molar refractivity (Wildman–Crippen MR) is 98.0 cm³/mol. The van der Waals surface area contributed by atoms with Gasteiger partial charge in [-0.3, -0.25) is 9.59 Å². The minimum atomic E-state index is -3.58. The first-order chi connectivity index (χ1) is 12.4. The van der Waals surface area contributed by atoms with Gasteiger partial charge in [0.2, 0.25) is 21.8 Å². The number of carbonyl (C=O) groups excluding carboxylic acids is 2. The molecule has 7 nitrogen and oxygen atoms in total. The Kier molecular flexibility index (Phi) is 5.62. The van der Waals surface area contributed by atoms with Gasteiger partial charge in [-0.2, -0.15) is 4.31 Å². The Bertz CT molecular complexity index is 762. The molecular formula is C18H25N3O4S. The monoisotopic (exact) mass is 379 g/mol. The van der Waals surface area contributed by atoms with Crippen molar-refractivity contribution in [2.24, 2.45) is 5.92 Å². The number of rotatable bonds is 4. The number of likely N-dealkylation sites (tertiary alicyclic amines) is 1. The van der Waals surface area contributed by atoms with E-state index in [2.05, 4.69) is 5.32 Å². The quantitative estimate of drug-likeness (QED) is 0.862. The zero-order chi connectivity index (χ0) is 18.7. The molecule has 0 spiro atoms. The van der Waals surface area contributed by atoms with Gasteiger partial charge in [-0.15, -0.1) is 0 Å². The Hall–Kier alpha value is -1.93. The number of piperidine rings is 1. The molecule has 1 aromatic carbocycles. The number of amides is 2. The molecule has 0 unspecified atom stereocenters. The molecule has 0 bridgehead atoms. The maximum absolute atomic E-state index is 12.8. The summed E-state index contributed by atoms with van der Waals surface area (Å²) in [6, 6.07) is 6.17. The molecule has 2 amide bonds. The molecule has 0 saturated carbocycles. The van der Waals surface area contributed by atoms with Crippen molar-refractivity contribution in [2.75, 3.05) is 31.5 Å².